The maximum Gasteiger partial charge on any atom is 0.262 e. The number of rotatable bonds is 5. The Hall–Kier alpha value is -2.84. The molecule has 0 aliphatic heterocycles. The zero-order chi connectivity index (χ0) is 22.2. The Balaban J connectivity index is 1.95. The van der Waals surface area contributed by atoms with E-state index in [2.05, 4.69) is 15.2 Å². The van der Waals surface area contributed by atoms with Gasteiger partial charge in [0.05, 0.1) is 21.8 Å². The van der Waals surface area contributed by atoms with Crippen molar-refractivity contribution in [1.82, 2.24) is 5.16 Å². The van der Waals surface area contributed by atoms with Crippen LogP contribution in [0.5, 0.6) is 0 Å². The summed E-state index contributed by atoms with van der Waals surface area (Å²) in [5, 5.41) is 6.47. The quantitative estimate of drug-likeness (QED) is 0.577. The van der Waals surface area contributed by atoms with Gasteiger partial charge in [0, 0.05) is 5.69 Å². The molecular formula is C21H22ClN3O4S. The molecule has 2 N–H and O–H groups in total. The van der Waals surface area contributed by atoms with Crippen LogP contribution < -0.4 is 10.0 Å². The number of aryl methyl sites for hydroxylation is 3. The molecule has 3 aromatic rings. The largest absolute Gasteiger partial charge is 0.361 e. The van der Waals surface area contributed by atoms with Gasteiger partial charge in [-0.05, 0) is 75.1 Å². The second kappa shape index (κ2) is 8.12. The van der Waals surface area contributed by atoms with Gasteiger partial charge in [-0.15, -0.1) is 0 Å². The van der Waals surface area contributed by atoms with Crippen LogP contribution in [0.3, 0.4) is 0 Å². The van der Waals surface area contributed by atoms with Gasteiger partial charge in [0.15, 0.2) is 0 Å². The summed E-state index contributed by atoms with van der Waals surface area (Å²) in [6, 6.07) is 6.51. The molecule has 3 rings (SSSR count). The highest BCUT2D eigenvalue weighted by Gasteiger charge is 2.23. The van der Waals surface area contributed by atoms with Crippen LogP contribution in [-0.4, -0.2) is 19.5 Å². The van der Waals surface area contributed by atoms with E-state index < -0.39 is 15.9 Å². The van der Waals surface area contributed by atoms with Crippen molar-refractivity contribution in [1.29, 1.82) is 0 Å². The van der Waals surface area contributed by atoms with Crippen molar-refractivity contribution in [3.8, 4) is 0 Å². The summed E-state index contributed by atoms with van der Waals surface area (Å²) in [6.45, 7) is 8.91. The fraction of sp³-hybridized carbons (Fsp3) is 0.238. The molecule has 0 saturated heterocycles. The molecule has 2 aromatic carbocycles. The van der Waals surface area contributed by atoms with Crippen molar-refractivity contribution < 1.29 is 17.7 Å². The van der Waals surface area contributed by atoms with E-state index in [1.165, 1.54) is 18.3 Å². The first-order valence-corrected chi connectivity index (χ1v) is 11.0. The summed E-state index contributed by atoms with van der Waals surface area (Å²) in [5.41, 5.74) is 3.94. The third-order valence-corrected chi connectivity index (χ3v) is 7.00. The standard InChI is InChI=1S/C21H22ClN3O4S/c1-11-8-12(2)14(4)20(13(11)3)30(27,28)25-19-9-16(6-7-18(19)22)24-21(26)17-10-23-29-15(17)5/h6-10,25H,1-5H3,(H,24,26). The molecule has 0 atom stereocenters. The lowest BCUT2D eigenvalue weighted by Gasteiger charge is -2.17. The molecular weight excluding hydrogens is 426 g/mol. The number of amides is 1. The molecule has 0 fully saturated rings. The minimum atomic E-state index is -3.91. The van der Waals surface area contributed by atoms with Crippen LogP contribution in [0.2, 0.25) is 5.02 Å². The minimum Gasteiger partial charge on any atom is -0.361 e. The molecule has 0 bridgehead atoms. The molecule has 0 spiro atoms. The van der Waals surface area contributed by atoms with Crippen LogP contribution in [0.25, 0.3) is 0 Å². The van der Waals surface area contributed by atoms with Crippen molar-refractivity contribution in [3.63, 3.8) is 0 Å². The van der Waals surface area contributed by atoms with Gasteiger partial charge in [-0.2, -0.15) is 0 Å². The van der Waals surface area contributed by atoms with Crippen molar-refractivity contribution in [2.75, 3.05) is 10.0 Å². The number of nitrogens with one attached hydrogen (secondary N) is 2. The summed E-state index contributed by atoms with van der Waals surface area (Å²) >= 11 is 6.23. The lowest BCUT2D eigenvalue weighted by Crippen LogP contribution is -2.18. The monoisotopic (exact) mass is 447 g/mol. The van der Waals surface area contributed by atoms with Crippen molar-refractivity contribution in [2.24, 2.45) is 0 Å². The molecule has 0 aliphatic carbocycles. The van der Waals surface area contributed by atoms with Crippen molar-refractivity contribution in [3.05, 3.63) is 69.1 Å². The van der Waals surface area contributed by atoms with Gasteiger partial charge in [0.25, 0.3) is 15.9 Å². The summed E-state index contributed by atoms with van der Waals surface area (Å²) in [6.07, 6.45) is 1.32. The van der Waals surface area contributed by atoms with E-state index >= 15 is 0 Å². The molecule has 0 radical (unpaired) electrons. The van der Waals surface area contributed by atoms with Crippen LogP contribution in [-0.2, 0) is 10.0 Å². The summed E-state index contributed by atoms with van der Waals surface area (Å²) in [5.74, 6) is -0.0472. The Morgan fingerprint density at radius 2 is 1.67 bits per heavy atom. The van der Waals surface area contributed by atoms with Crippen molar-refractivity contribution in [2.45, 2.75) is 39.5 Å². The number of anilines is 2. The Morgan fingerprint density at radius 1 is 1.03 bits per heavy atom. The Bertz CT molecular complexity index is 1220. The molecule has 30 heavy (non-hydrogen) atoms. The van der Waals surface area contributed by atoms with Gasteiger partial charge >= 0.3 is 0 Å². The van der Waals surface area contributed by atoms with E-state index in [0.29, 0.717) is 22.6 Å². The molecule has 1 aromatic heterocycles. The van der Waals surface area contributed by atoms with Gasteiger partial charge in [0.1, 0.15) is 11.3 Å². The number of benzene rings is 2. The Morgan fingerprint density at radius 3 is 2.23 bits per heavy atom. The highest BCUT2D eigenvalue weighted by molar-refractivity contribution is 7.92. The predicted molar refractivity (Wildman–Crippen MR) is 117 cm³/mol. The highest BCUT2D eigenvalue weighted by Crippen LogP contribution is 2.31. The number of nitrogens with zero attached hydrogens (tertiary/aromatic N) is 1. The molecule has 7 nitrogen and oxygen atoms in total. The van der Waals surface area contributed by atoms with Crippen molar-refractivity contribution >= 4 is 38.9 Å². The van der Waals surface area contributed by atoms with Gasteiger partial charge in [0.2, 0.25) is 0 Å². The van der Waals surface area contributed by atoms with E-state index in [9.17, 15) is 13.2 Å². The van der Waals surface area contributed by atoms with Gasteiger partial charge < -0.3 is 9.84 Å². The Kier molecular flexibility index (Phi) is 5.92. The molecule has 0 saturated carbocycles. The fourth-order valence-electron chi connectivity index (χ4n) is 3.18. The normalized spacial score (nSPS) is 11.4. The Labute approximate surface area is 180 Å². The topological polar surface area (TPSA) is 101 Å². The third kappa shape index (κ3) is 4.20. The molecule has 0 unspecified atom stereocenters. The van der Waals surface area contributed by atoms with Crippen LogP contribution >= 0.6 is 11.6 Å². The van der Waals surface area contributed by atoms with E-state index in [1.807, 2.05) is 19.9 Å². The SMILES string of the molecule is Cc1cc(C)c(C)c(S(=O)(=O)Nc2cc(NC(=O)c3cnoc3C)ccc2Cl)c1C. The number of aromatic nitrogens is 1. The number of hydrogen-bond donors (Lipinski definition) is 2. The van der Waals surface area contributed by atoms with E-state index in [1.54, 1.807) is 26.8 Å². The number of sulfonamides is 1. The fourth-order valence-corrected chi connectivity index (χ4v) is 5.09. The number of carbonyl (C=O) groups excluding carboxylic acids is 1. The first-order valence-electron chi connectivity index (χ1n) is 9.13. The van der Waals surface area contributed by atoms with Crippen LogP contribution in [0.15, 0.2) is 39.9 Å². The zero-order valence-corrected chi connectivity index (χ0v) is 18.8. The van der Waals surface area contributed by atoms with Gasteiger partial charge in [-0.3, -0.25) is 9.52 Å². The minimum absolute atomic E-state index is 0.162. The summed E-state index contributed by atoms with van der Waals surface area (Å²) < 4.78 is 33.8. The number of halogens is 1. The summed E-state index contributed by atoms with van der Waals surface area (Å²) in [7, 11) is -3.91. The predicted octanol–water partition coefficient (Wildman–Crippen LogP) is 4.92. The first-order chi connectivity index (χ1) is 14.0. The lowest BCUT2D eigenvalue weighted by atomic mass is 10.0. The van der Waals surface area contributed by atoms with Gasteiger partial charge in [-0.1, -0.05) is 22.8 Å². The molecule has 158 valence electrons. The third-order valence-electron chi connectivity index (χ3n) is 5.03. The average molecular weight is 448 g/mol. The van der Waals surface area contributed by atoms with E-state index in [4.69, 9.17) is 16.1 Å². The van der Waals surface area contributed by atoms with E-state index in [-0.39, 0.29) is 21.2 Å². The second-order valence-electron chi connectivity index (χ2n) is 7.14. The van der Waals surface area contributed by atoms with Crippen LogP contribution in [0.1, 0.15) is 38.4 Å². The highest BCUT2D eigenvalue weighted by atomic mass is 35.5. The maximum atomic E-state index is 13.2. The molecule has 1 amide bonds. The van der Waals surface area contributed by atoms with Gasteiger partial charge in [-0.25, -0.2) is 8.42 Å². The zero-order valence-electron chi connectivity index (χ0n) is 17.3. The van der Waals surface area contributed by atoms with Crippen LogP contribution in [0, 0.1) is 34.6 Å². The first kappa shape index (κ1) is 21.9. The second-order valence-corrected chi connectivity index (χ2v) is 9.17. The molecule has 9 heteroatoms. The smallest absolute Gasteiger partial charge is 0.262 e. The van der Waals surface area contributed by atoms with Crippen LogP contribution in [0.4, 0.5) is 11.4 Å². The lowest BCUT2D eigenvalue weighted by molar-refractivity contribution is 0.102. The maximum absolute atomic E-state index is 13.2. The average Bonchev–Trinajstić information content (AvgIpc) is 3.08. The number of carbonyl (C=O) groups is 1. The molecule has 1 heterocycles. The van der Waals surface area contributed by atoms with E-state index in [0.717, 1.165) is 11.1 Å². The number of hydrogen-bond acceptors (Lipinski definition) is 5. The molecule has 0 aliphatic rings. The summed E-state index contributed by atoms with van der Waals surface area (Å²) in [4.78, 5) is 12.6.